The Bertz CT molecular complexity index is 79.2. The molecule has 0 bridgehead atoms. The first-order chi connectivity index (χ1) is 6.91. The summed E-state index contributed by atoms with van der Waals surface area (Å²) in [6, 6.07) is 0. The van der Waals surface area contributed by atoms with Crippen molar-refractivity contribution in [2.75, 3.05) is 0 Å². The van der Waals surface area contributed by atoms with Crippen molar-refractivity contribution in [2.24, 2.45) is 0 Å². The highest BCUT2D eigenvalue weighted by Gasteiger charge is 1.94. The number of nitrogens with one attached hydrogen (secondary N) is 1. The van der Waals surface area contributed by atoms with Gasteiger partial charge in [0.2, 0.25) is 0 Å². The summed E-state index contributed by atoms with van der Waals surface area (Å²) >= 11 is 0. The molecule has 0 aromatic carbocycles. The van der Waals surface area contributed by atoms with E-state index in [0.29, 0.717) is 0 Å². The largest absolute Gasteiger partial charge is 0.219 e. The molecule has 0 atom stereocenters. The van der Waals surface area contributed by atoms with Crippen molar-refractivity contribution in [3.05, 3.63) is 0 Å². The average Bonchev–Trinajstić information content (AvgIpc) is 2.21. The highest BCUT2D eigenvalue weighted by molar-refractivity contribution is 3.37. The third kappa shape index (κ3) is 11.4. The maximum atomic E-state index is 7.45. The highest BCUT2D eigenvalue weighted by atomic mass is 17.9. The summed E-state index contributed by atoms with van der Waals surface area (Å²) in [6.45, 7) is 0. The van der Waals surface area contributed by atoms with Gasteiger partial charge in [-0.3, -0.25) is 0 Å². The standard InChI is InChI=1S/H3NO13/c2-6-10-12-8-4-1-5-9-13-14-11-7-3/h1-3H. The number of hydrogen-bond donors (Lipinski definition) is 3. The van der Waals surface area contributed by atoms with Crippen LogP contribution in [0.2, 0.25) is 0 Å². The van der Waals surface area contributed by atoms with Gasteiger partial charge in [0.15, 0.2) is 0 Å². The first-order valence-corrected chi connectivity index (χ1v) is 2.27. The lowest BCUT2D eigenvalue weighted by Crippen LogP contribution is -2.16. The first kappa shape index (κ1) is 13.4. The van der Waals surface area contributed by atoms with E-state index in [9.17, 15) is 0 Å². The Balaban J connectivity index is 2.78. The molecule has 0 saturated carbocycles. The van der Waals surface area contributed by atoms with Crippen molar-refractivity contribution < 1.29 is 65.8 Å². The predicted molar refractivity (Wildman–Crippen MR) is 20.3 cm³/mol. The van der Waals surface area contributed by atoms with Crippen LogP contribution < -0.4 is 5.64 Å². The Hall–Kier alpha value is -0.560. The molecule has 14 nitrogen and oxygen atoms in total. The lowest BCUT2D eigenvalue weighted by molar-refractivity contribution is -0.808. The summed E-state index contributed by atoms with van der Waals surface area (Å²) in [4.78, 5) is 7.31. The van der Waals surface area contributed by atoms with E-state index in [1.165, 1.54) is 5.64 Å². The lowest BCUT2D eigenvalue weighted by atomic mass is 13.2. The van der Waals surface area contributed by atoms with Gasteiger partial charge in [0.1, 0.15) is 0 Å². The monoisotopic (exact) mass is 225 g/mol. The van der Waals surface area contributed by atoms with Crippen molar-refractivity contribution >= 4 is 0 Å². The lowest BCUT2D eigenvalue weighted by Gasteiger charge is -1.99. The van der Waals surface area contributed by atoms with Gasteiger partial charge in [-0.05, 0) is 51.0 Å². The van der Waals surface area contributed by atoms with E-state index < -0.39 is 0 Å². The zero-order valence-electron chi connectivity index (χ0n) is 5.89. The van der Waals surface area contributed by atoms with Crippen LogP contribution in [0.4, 0.5) is 0 Å². The van der Waals surface area contributed by atoms with Gasteiger partial charge in [-0.15, -0.1) is 0 Å². The SMILES string of the molecule is OOOOOONOOOOOOO. The zero-order chi connectivity index (χ0) is 10.5. The molecule has 0 spiro atoms. The molecule has 0 aromatic rings. The van der Waals surface area contributed by atoms with Crippen LogP contribution >= 0.6 is 0 Å². The molecule has 0 unspecified atom stereocenters. The fourth-order valence-electron chi connectivity index (χ4n) is 0.128. The zero-order valence-corrected chi connectivity index (χ0v) is 5.89. The Kier molecular flexibility index (Phi) is 11.9. The second-order valence-corrected chi connectivity index (χ2v) is 0.875. The number of hydrogen-bond acceptors (Lipinski definition) is 14. The molecule has 0 saturated heterocycles. The van der Waals surface area contributed by atoms with E-state index in [1.807, 2.05) is 0 Å². The summed E-state index contributed by atoms with van der Waals surface area (Å²) in [5, 5.41) is 44.3. The Morgan fingerprint density at radius 2 is 1.00 bits per heavy atom. The van der Waals surface area contributed by atoms with Crippen molar-refractivity contribution in [1.29, 1.82) is 0 Å². The predicted octanol–water partition coefficient (Wildman–Crippen LogP) is -1.23. The van der Waals surface area contributed by atoms with Crippen LogP contribution in [0.15, 0.2) is 0 Å². The van der Waals surface area contributed by atoms with Crippen molar-refractivity contribution in [2.45, 2.75) is 0 Å². The van der Waals surface area contributed by atoms with Gasteiger partial charge in [0, 0.05) is 0 Å². The Morgan fingerprint density at radius 1 is 0.571 bits per heavy atom. The summed E-state index contributed by atoms with van der Waals surface area (Å²) in [6.07, 6.45) is 0. The normalized spacial score (nSPS) is 10.7. The minimum atomic E-state index is 1.37. The molecule has 86 valence electrons. The van der Waals surface area contributed by atoms with Gasteiger partial charge in [0.05, 0.1) is 0 Å². The molecule has 0 radical (unpaired) electrons. The van der Waals surface area contributed by atoms with E-state index in [0.717, 1.165) is 0 Å². The van der Waals surface area contributed by atoms with Crippen LogP contribution in [0, 0.1) is 0 Å². The molecular weight excluding hydrogens is 222 g/mol. The minimum absolute atomic E-state index is 1.37. The Morgan fingerprint density at radius 3 is 1.50 bits per heavy atom. The molecule has 0 amide bonds. The molecule has 0 aliphatic heterocycles. The van der Waals surface area contributed by atoms with Gasteiger partial charge in [0.25, 0.3) is 0 Å². The summed E-state index contributed by atoms with van der Waals surface area (Å²) in [7, 11) is 0. The topological polar surface area (TPSA) is 154 Å². The van der Waals surface area contributed by atoms with E-state index in [-0.39, 0.29) is 0 Å². The first-order valence-electron chi connectivity index (χ1n) is 2.27. The van der Waals surface area contributed by atoms with Crippen LogP contribution in [-0.4, -0.2) is 10.5 Å². The fourth-order valence-corrected chi connectivity index (χ4v) is 0.128. The smallest absolute Gasteiger partial charge is 0.000117 e. The molecule has 14 heteroatoms. The van der Waals surface area contributed by atoms with Crippen LogP contribution in [0.3, 0.4) is 0 Å². The molecule has 0 heterocycles. The van der Waals surface area contributed by atoms with Gasteiger partial charge in [-0.2, -0.15) is 0 Å². The van der Waals surface area contributed by atoms with Gasteiger partial charge < -0.3 is 0 Å². The van der Waals surface area contributed by atoms with Gasteiger partial charge in [-0.1, -0.05) is 9.98 Å². The minimum Gasteiger partial charge on any atom is -0.219 e. The van der Waals surface area contributed by atoms with E-state index >= 15 is 0 Å². The summed E-state index contributed by atoms with van der Waals surface area (Å²) in [5.41, 5.74) is 1.37. The molecule has 14 heavy (non-hydrogen) atoms. The molecule has 0 aliphatic carbocycles. The van der Waals surface area contributed by atoms with Crippen LogP contribution in [0.5, 0.6) is 0 Å². The van der Waals surface area contributed by atoms with E-state index in [4.69, 9.17) is 10.5 Å². The summed E-state index contributed by atoms with van der Waals surface area (Å²) < 4.78 is 0. The molecular formula is H3NO13. The molecule has 3 N–H and O–H groups in total. The van der Waals surface area contributed by atoms with Gasteiger partial charge in [-0.25, -0.2) is 10.5 Å². The summed E-state index contributed by atoms with van der Waals surface area (Å²) in [5.74, 6) is 0. The molecule has 0 aromatic heterocycles. The molecule has 0 rings (SSSR count). The molecule has 0 fully saturated rings. The number of rotatable bonds is 11. The van der Waals surface area contributed by atoms with Crippen molar-refractivity contribution in [1.82, 2.24) is 5.64 Å². The van der Waals surface area contributed by atoms with Crippen molar-refractivity contribution in [3.63, 3.8) is 0 Å². The second kappa shape index (κ2) is 12.4. The highest BCUT2D eigenvalue weighted by Crippen LogP contribution is 1.84. The van der Waals surface area contributed by atoms with Crippen LogP contribution in [0.1, 0.15) is 0 Å². The van der Waals surface area contributed by atoms with Gasteiger partial charge >= 0.3 is 0 Å². The average molecular weight is 225 g/mol. The maximum absolute atomic E-state index is 7.45. The van der Waals surface area contributed by atoms with Crippen LogP contribution in [0.25, 0.3) is 0 Å². The van der Waals surface area contributed by atoms with Crippen LogP contribution in [-0.2, 0) is 55.3 Å². The third-order valence-electron chi connectivity index (χ3n) is 0.336. The van der Waals surface area contributed by atoms with E-state index in [2.05, 4.69) is 55.3 Å². The Labute approximate surface area is 72.9 Å². The maximum Gasteiger partial charge on any atom is -0.000117 e. The second-order valence-electron chi connectivity index (χ2n) is 0.875. The quantitative estimate of drug-likeness (QED) is 0.218. The van der Waals surface area contributed by atoms with Crippen molar-refractivity contribution in [3.8, 4) is 0 Å². The third-order valence-corrected chi connectivity index (χ3v) is 0.336. The fraction of sp³-hybridized carbons (Fsp3) is 0. The molecule has 0 aliphatic rings. The van der Waals surface area contributed by atoms with E-state index in [1.54, 1.807) is 0 Å².